The molecule has 0 aliphatic carbocycles. The van der Waals surface area contributed by atoms with E-state index in [4.69, 9.17) is 0 Å². The van der Waals surface area contributed by atoms with Crippen molar-refractivity contribution in [1.29, 1.82) is 0 Å². The second-order valence-corrected chi connectivity index (χ2v) is 3.97. The van der Waals surface area contributed by atoms with Crippen LogP contribution in [-0.2, 0) is 0 Å². The molecule has 1 rings (SSSR count). The second kappa shape index (κ2) is 6.02. The number of allylic oxidation sites excluding steroid dienone is 3. The van der Waals surface area contributed by atoms with Gasteiger partial charge in [-0.2, -0.15) is 13.2 Å². The SMILES string of the molecule is C=C(/C=C\C(=C/C)C(F)(F)F)CNC1CNC1. The third-order valence-corrected chi connectivity index (χ3v) is 2.54. The number of hydrogen-bond acceptors (Lipinski definition) is 2. The van der Waals surface area contributed by atoms with Gasteiger partial charge in [0.15, 0.2) is 0 Å². The molecule has 0 aromatic rings. The zero-order valence-electron chi connectivity index (χ0n) is 9.77. The van der Waals surface area contributed by atoms with Crippen LogP contribution in [-0.4, -0.2) is 31.9 Å². The summed E-state index contributed by atoms with van der Waals surface area (Å²) in [6, 6.07) is 0.406. The van der Waals surface area contributed by atoms with Crippen molar-refractivity contribution in [2.75, 3.05) is 19.6 Å². The van der Waals surface area contributed by atoms with Gasteiger partial charge in [-0.3, -0.25) is 0 Å². The van der Waals surface area contributed by atoms with Crippen LogP contribution in [0, 0.1) is 0 Å². The average molecular weight is 246 g/mol. The summed E-state index contributed by atoms with van der Waals surface area (Å²) in [5.74, 6) is 0. The lowest BCUT2D eigenvalue weighted by Gasteiger charge is -2.28. The fraction of sp³-hybridized carbons (Fsp3) is 0.500. The Morgan fingerprint density at radius 1 is 1.41 bits per heavy atom. The Kier molecular flexibility index (Phi) is 4.96. The van der Waals surface area contributed by atoms with E-state index < -0.39 is 11.7 Å². The highest BCUT2D eigenvalue weighted by Gasteiger charge is 2.30. The summed E-state index contributed by atoms with van der Waals surface area (Å²) >= 11 is 0. The van der Waals surface area contributed by atoms with Gasteiger partial charge in [0.05, 0.1) is 5.57 Å². The summed E-state index contributed by atoms with van der Waals surface area (Å²) in [5.41, 5.74) is -0.00976. The van der Waals surface area contributed by atoms with E-state index >= 15 is 0 Å². The predicted octanol–water partition coefficient (Wildman–Crippen LogP) is 2.17. The van der Waals surface area contributed by atoms with Crippen molar-refractivity contribution in [2.45, 2.75) is 19.1 Å². The Balaban J connectivity index is 2.38. The lowest BCUT2D eigenvalue weighted by atomic mass is 10.1. The lowest BCUT2D eigenvalue weighted by molar-refractivity contribution is -0.0883. The first-order valence-electron chi connectivity index (χ1n) is 5.47. The predicted molar refractivity (Wildman–Crippen MR) is 62.8 cm³/mol. The molecule has 0 aromatic carbocycles. The number of nitrogens with one attached hydrogen (secondary N) is 2. The molecule has 2 N–H and O–H groups in total. The summed E-state index contributed by atoms with van der Waals surface area (Å²) in [5, 5.41) is 6.28. The van der Waals surface area contributed by atoms with E-state index in [0.29, 0.717) is 18.2 Å². The van der Waals surface area contributed by atoms with Crippen LogP contribution < -0.4 is 10.6 Å². The normalized spacial score (nSPS) is 18.5. The Morgan fingerprint density at radius 2 is 2.06 bits per heavy atom. The molecule has 0 bridgehead atoms. The second-order valence-electron chi connectivity index (χ2n) is 3.97. The molecule has 0 amide bonds. The zero-order valence-corrected chi connectivity index (χ0v) is 9.77. The Labute approximate surface area is 99.3 Å². The molecule has 0 radical (unpaired) electrons. The van der Waals surface area contributed by atoms with Gasteiger partial charge in [0.1, 0.15) is 0 Å². The standard InChI is InChI=1S/C12H17F3N2/c1-3-10(12(13,14)15)5-4-9(2)6-17-11-7-16-8-11/h3-5,11,16-17H,2,6-8H2,1H3/b5-4-,10-3+. The molecule has 5 heteroatoms. The van der Waals surface area contributed by atoms with Crippen molar-refractivity contribution < 1.29 is 13.2 Å². The third-order valence-electron chi connectivity index (χ3n) is 2.54. The largest absolute Gasteiger partial charge is 0.416 e. The molecule has 0 spiro atoms. The summed E-state index contributed by atoms with van der Waals surface area (Å²) in [6.45, 7) is 7.39. The summed E-state index contributed by atoms with van der Waals surface area (Å²) in [7, 11) is 0. The van der Waals surface area contributed by atoms with E-state index in [-0.39, 0.29) is 0 Å². The highest BCUT2D eigenvalue weighted by atomic mass is 19.4. The maximum atomic E-state index is 12.4. The van der Waals surface area contributed by atoms with Crippen LogP contribution in [0.15, 0.2) is 36.0 Å². The number of rotatable bonds is 5. The molecule has 0 unspecified atom stereocenters. The zero-order chi connectivity index (χ0) is 12.9. The minimum atomic E-state index is -4.29. The molecule has 1 saturated heterocycles. The molecular weight excluding hydrogens is 229 g/mol. The number of hydrogen-bond donors (Lipinski definition) is 2. The van der Waals surface area contributed by atoms with Crippen LogP contribution in [0.5, 0.6) is 0 Å². The van der Waals surface area contributed by atoms with Crippen LogP contribution in [0.1, 0.15) is 6.92 Å². The van der Waals surface area contributed by atoms with Crippen LogP contribution in [0.25, 0.3) is 0 Å². The molecule has 0 saturated carbocycles. The highest BCUT2D eigenvalue weighted by Crippen LogP contribution is 2.26. The molecule has 0 aromatic heterocycles. The highest BCUT2D eigenvalue weighted by molar-refractivity contribution is 5.29. The van der Waals surface area contributed by atoms with Gasteiger partial charge in [-0.15, -0.1) is 0 Å². The van der Waals surface area contributed by atoms with Crippen LogP contribution >= 0.6 is 0 Å². The van der Waals surface area contributed by atoms with Crippen molar-refractivity contribution in [2.24, 2.45) is 0 Å². The summed E-state index contributed by atoms with van der Waals surface area (Å²) in [6.07, 6.45) is -0.783. The molecule has 1 fully saturated rings. The van der Waals surface area contributed by atoms with Crippen LogP contribution in [0.4, 0.5) is 13.2 Å². The van der Waals surface area contributed by atoms with E-state index in [1.54, 1.807) is 0 Å². The third kappa shape index (κ3) is 4.75. The van der Waals surface area contributed by atoms with Gasteiger partial charge < -0.3 is 10.6 Å². The van der Waals surface area contributed by atoms with Gasteiger partial charge in [0.25, 0.3) is 0 Å². The van der Waals surface area contributed by atoms with E-state index in [2.05, 4.69) is 17.2 Å². The maximum absolute atomic E-state index is 12.4. The Bertz CT molecular complexity index is 325. The van der Waals surface area contributed by atoms with Crippen molar-refractivity contribution in [1.82, 2.24) is 10.6 Å². The minimum absolute atomic E-state index is 0.406. The average Bonchev–Trinajstić information content (AvgIpc) is 2.14. The molecule has 1 aliphatic heterocycles. The molecule has 1 heterocycles. The number of alkyl halides is 3. The van der Waals surface area contributed by atoms with E-state index in [0.717, 1.165) is 25.2 Å². The topological polar surface area (TPSA) is 24.1 Å². The van der Waals surface area contributed by atoms with Gasteiger partial charge in [-0.05, 0) is 12.5 Å². The Hall–Kier alpha value is -1.07. The van der Waals surface area contributed by atoms with Crippen LogP contribution in [0.3, 0.4) is 0 Å². The molecule has 1 aliphatic rings. The smallest absolute Gasteiger partial charge is 0.314 e. The summed E-state index contributed by atoms with van der Waals surface area (Å²) < 4.78 is 37.1. The van der Waals surface area contributed by atoms with Crippen molar-refractivity contribution in [3.05, 3.63) is 36.0 Å². The van der Waals surface area contributed by atoms with Crippen molar-refractivity contribution in [3.8, 4) is 0 Å². The fourth-order valence-electron chi connectivity index (χ4n) is 1.33. The first kappa shape index (κ1) is 14.0. The van der Waals surface area contributed by atoms with Gasteiger partial charge >= 0.3 is 6.18 Å². The lowest BCUT2D eigenvalue weighted by Crippen LogP contribution is -2.55. The number of halogens is 3. The maximum Gasteiger partial charge on any atom is 0.416 e. The first-order valence-corrected chi connectivity index (χ1v) is 5.47. The molecular formula is C12H17F3N2. The Morgan fingerprint density at radius 3 is 2.47 bits per heavy atom. The van der Waals surface area contributed by atoms with Crippen molar-refractivity contribution in [3.63, 3.8) is 0 Å². The van der Waals surface area contributed by atoms with E-state index in [1.807, 2.05) is 0 Å². The minimum Gasteiger partial charge on any atom is -0.314 e. The van der Waals surface area contributed by atoms with Gasteiger partial charge in [-0.1, -0.05) is 24.8 Å². The molecule has 2 nitrogen and oxygen atoms in total. The van der Waals surface area contributed by atoms with Gasteiger partial charge in [-0.25, -0.2) is 0 Å². The van der Waals surface area contributed by atoms with E-state index in [1.165, 1.54) is 13.0 Å². The first-order chi connectivity index (χ1) is 7.93. The van der Waals surface area contributed by atoms with Crippen molar-refractivity contribution >= 4 is 0 Å². The van der Waals surface area contributed by atoms with Crippen LogP contribution in [0.2, 0.25) is 0 Å². The van der Waals surface area contributed by atoms with Gasteiger partial charge in [0.2, 0.25) is 0 Å². The van der Waals surface area contributed by atoms with Gasteiger partial charge in [0, 0.05) is 25.7 Å². The monoisotopic (exact) mass is 246 g/mol. The molecule has 17 heavy (non-hydrogen) atoms. The molecule has 0 atom stereocenters. The quantitative estimate of drug-likeness (QED) is 0.726. The fourth-order valence-corrected chi connectivity index (χ4v) is 1.33. The summed E-state index contributed by atoms with van der Waals surface area (Å²) in [4.78, 5) is 0. The molecule has 96 valence electrons. The van der Waals surface area contributed by atoms with E-state index in [9.17, 15) is 13.2 Å².